The lowest BCUT2D eigenvalue weighted by Gasteiger charge is -2.17. The van der Waals surface area contributed by atoms with E-state index in [4.69, 9.17) is 0 Å². The van der Waals surface area contributed by atoms with Crippen LogP contribution >= 0.6 is 0 Å². The molecule has 0 heterocycles. The molecular weight excluding hydrogens is 218 g/mol. The van der Waals surface area contributed by atoms with Crippen molar-refractivity contribution in [1.82, 2.24) is 0 Å². The van der Waals surface area contributed by atoms with Gasteiger partial charge in [0.15, 0.2) is 11.6 Å². The summed E-state index contributed by atoms with van der Waals surface area (Å²) in [4.78, 5) is 11.2. The molecule has 0 radical (unpaired) electrons. The molecule has 88 valence electrons. The zero-order valence-corrected chi connectivity index (χ0v) is 9.04. The third-order valence-corrected chi connectivity index (χ3v) is 2.16. The Hall–Kier alpha value is -1.72. The summed E-state index contributed by atoms with van der Waals surface area (Å²) in [5.41, 5.74) is 0.502. The number of nitro groups is 1. The molecule has 1 aromatic rings. The third kappa shape index (κ3) is 2.65. The average molecular weight is 230 g/mol. The molecule has 0 aliphatic rings. The van der Waals surface area contributed by atoms with Crippen LogP contribution in [0.3, 0.4) is 0 Å². The van der Waals surface area contributed by atoms with Gasteiger partial charge < -0.3 is 4.90 Å². The first kappa shape index (κ1) is 12.4. The van der Waals surface area contributed by atoms with E-state index in [0.29, 0.717) is 5.56 Å². The summed E-state index contributed by atoms with van der Waals surface area (Å²) < 4.78 is 26.4. The van der Waals surface area contributed by atoms with Gasteiger partial charge in [-0.05, 0) is 11.6 Å². The Kier molecular flexibility index (Phi) is 3.76. The maximum absolute atomic E-state index is 13.5. The van der Waals surface area contributed by atoms with Crippen molar-refractivity contribution in [2.45, 2.75) is 6.42 Å². The topological polar surface area (TPSA) is 46.4 Å². The first-order valence-corrected chi connectivity index (χ1v) is 4.69. The highest BCUT2D eigenvalue weighted by molar-refractivity contribution is 5.54. The first-order valence-electron chi connectivity index (χ1n) is 4.69. The molecule has 0 bridgehead atoms. The van der Waals surface area contributed by atoms with E-state index in [0.717, 1.165) is 6.07 Å². The van der Waals surface area contributed by atoms with E-state index >= 15 is 0 Å². The predicted molar refractivity (Wildman–Crippen MR) is 56.3 cm³/mol. The molecule has 0 aliphatic heterocycles. The second kappa shape index (κ2) is 4.87. The van der Waals surface area contributed by atoms with E-state index in [9.17, 15) is 18.9 Å². The molecule has 1 aromatic carbocycles. The summed E-state index contributed by atoms with van der Waals surface area (Å²) in [6.45, 7) is -0.300. The minimum absolute atomic E-state index is 0.0712. The molecule has 0 spiro atoms. The number of nitrogens with zero attached hydrogens (tertiary/aromatic N) is 2. The van der Waals surface area contributed by atoms with Crippen LogP contribution in [0.1, 0.15) is 5.56 Å². The number of hydrogen-bond acceptors (Lipinski definition) is 3. The third-order valence-electron chi connectivity index (χ3n) is 2.16. The molecule has 0 saturated heterocycles. The first-order chi connectivity index (χ1) is 7.43. The van der Waals surface area contributed by atoms with Crippen molar-refractivity contribution >= 4 is 5.69 Å². The van der Waals surface area contributed by atoms with Crippen LogP contribution < -0.4 is 4.90 Å². The van der Waals surface area contributed by atoms with Gasteiger partial charge in [0.2, 0.25) is 6.54 Å². The van der Waals surface area contributed by atoms with Crippen molar-refractivity contribution < 1.29 is 13.7 Å². The Morgan fingerprint density at radius 3 is 2.50 bits per heavy atom. The summed E-state index contributed by atoms with van der Waals surface area (Å²) in [6, 6.07) is 2.36. The van der Waals surface area contributed by atoms with Crippen molar-refractivity contribution in [2.75, 3.05) is 25.5 Å². The monoisotopic (exact) mass is 230 g/mol. The standard InChI is InChI=1S/C10H12F2N2O2/c1-13(2)10-7(5-6-14(15)16)3-4-8(11)9(10)12/h3-4H,5-6H2,1-2H3. The zero-order chi connectivity index (χ0) is 12.3. The number of hydrogen-bond donors (Lipinski definition) is 0. The van der Waals surface area contributed by atoms with Crippen LogP contribution in [-0.2, 0) is 6.42 Å². The van der Waals surface area contributed by atoms with Gasteiger partial charge in [-0.1, -0.05) is 6.07 Å². The highest BCUT2D eigenvalue weighted by Gasteiger charge is 2.16. The quantitative estimate of drug-likeness (QED) is 0.585. The molecule has 0 atom stereocenters. The fourth-order valence-corrected chi connectivity index (χ4v) is 1.48. The summed E-state index contributed by atoms with van der Waals surface area (Å²) in [6.07, 6.45) is 0.0811. The van der Waals surface area contributed by atoms with Gasteiger partial charge in [0, 0.05) is 25.4 Å². The maximum Gasteiger partial charge on any atom is 0.207 e. The van der Waals surface area contributed by atoms with Crippen LogP contribution in [0.5, 0.6) is 0 Å². The number of anilines is 1. The van der Waals surface area contributed by atoms with Gasteiger partial charge in [0.25, 0.3) is 0 Å². The molecule has 1 rings (SSSR count). The van der Waals surface area contributed by atoms with Gasteiger partial charge in [-0.25, -0.2) is 8.78 Å². The van der Waals surface area contributed by atoms with E-state index in [-0.39, 0.29) is 18.7 Å². The lowest BCUT2D eigenvalue weighted by Crippen LogP contribution is -2.16. The molecule has 0 fully saturated rings. The Morgan fingerprint density at radius 2 is 2.00 bits per heavy atom. The van der Waals surface area contributed by atoms with Crippen molar-refractivity contribution in [1.29, 1.82) is 0 Å². The zero-order valence-electron chi connectivity index (χ0n) is 9.04. The van der Waals surface area contributed by atoms with Crippen LogP contribution in [0.15, 0.2) is 12.1 Å². The minimum atomic E-state index is -0.967. The van der Waals surface area contributed by atoms with Gasteiger partial charge in [0.1, 0.15) is 0 Å². The SMILES string of the molecule is CN(C)c1c(CC[N+](=O)[O-])ccc(F)c1F. The van der Waals surface area contributed by atoms with Crippen LogP contribution in [0, 0.1) is 21.7 Å². The van der Waals surface area contributed by atoms with E-state index in [2.05, 4.69) is 0 Å². The summed E-state index contributed by atoms with van der Waals surface area (Å²) in [5.74, 6) is -1.92. The molecule has 0 N–H and O–H groups in total. The van der Waals surface area contributed by atoms with Gasteiger partial charge >= 0.3 is 0 Å². The highest BCUT2D eigenvalue weighted by Crippen LogP contribution is 2.25. The van der Waals surface area contributed by atoms with E-state index in [1.807, 2.05) is 0 Å². The van der Waals surface area contributed by atoms with Crippen molar-refractivity contribution in [3.8, 4) is 0 Å². The van der Waals surface area contributed by atoms with Crippen LogP contribution in [-0.4, -0.2) is 25.6 Å². The lowest BCUT2D eigenvalue weighted by atomic mass is 10.1. The Morgan fingerprint density at radius 1 is 1.38 bits per heavy atom. The van der Waals surface area contributed by atoms with E-state index < -0.39 is 16.6 Å². The summed E-state index contributed by atoms with van der Waals surface area (Å²) >= 11 is 0. The minimum Gasteiger partial charge on any atom is -0.375 e. The highest BCUT2D eigenvalue weighted by atomic mass is 19.2. The molecule has 0 saturated carbocycles. The molecule has 0 unspecified atom stereocenters. The molecular formula is C10H12F2N2O2. The Labute approximate surface area is 91.6 Å². The summed E-state index contributed by atoms with van der Waals surface area (Å²) in [5, 5.41) is 10.2. The number of benzene rings is 1. The normalized spacial score (nSPS) is 10.2. The smallest absolute Gasteiger partial charge is 0.207 e. The van der Waals surface area contributed by atoms with Crippen molar-refractivity contribution in [3.63, 3.8) is 0 Å². The van der Waals surface area contributed by atoms with Crippen LogP contribution in [0.25, 0.3) is 0 Å². The van der Waals surface area contributed by atoms with Crippen molar-refractivity contribution in [2.24, 2.45) is 0 Å². The second-order valence-corrected chi connectivity index (χ2v) is 3.57. The van der Waals surface area contributed by atoms with Gasteiger partial charge in [-0.15, -0.1) is 0 Å². The van der Waals surface area contributed by atoms with Gasteiger partial charge in [-0.2, -0.15) is 0 Å². The predicted octanol–water partition coefficient (Wildman–Crippen LogP) is 1.85. The molecule has 0 aliphatic carbocycles. The van der Waals surface area contributed by atoms with E-state index in [1.54, 1.807) is 14.1 Å². The average Bonchev–Trinajstić information content (AvgIpc) is 2.19. The Balaban J connectivity index is 3.08. The second-order valence-electron chi connectivity index (χ2n) is 3.57. The van der Waals surface area contributed by atoms with Crippen molar-refractivity contribution in [3.05, 3.63) is 39.4 Å². The van der Waals surface area contributed by atoms with Crippen LogP contribution in [0.4, 0.5) is 14.5 Å². The lowest BCUT2D eigenvalue weighted by molar-refractivity contribution is -0.479. The van der Waals surface area contributed by atoms with Crippen LogP contribution in [0.2, 0.25) is 0 Å². The maximum atomic E-state index is 13.5. The van der Waals surface area contributed by atoms with Gasteiger partial charge in [-0.3, -0.25) is 10.1 Å². The molecule has 0 amide bonds. The number of halogens is 2. The molecule has 16 heavy (non-hydrogen) atoms. The Bertz CT molecular complexity index is 408. The molecule has 4 nitrogen and oxygen atoms in total. The van der Waals surface area contributed by atoms with E-state index in [1.165, 1.54) is 11.0 Å². The fraction of sp³-hybridized carbons (Fsp3) is 0.400. The molecule has 6 heteroatoms. The van der Waals surface area contributed by atoms with Gasteiger partial charge in [0.05, 0.1) is 5.69 Å². The number of rotatable bonds is 4. The largest absolute Gasteiger partial charge is 0.375 e. The molecule has 0 aromatic heterocycles. The fourth-order valence-electron chi connectivity index (χ4n) is 1.48. The summed E-state index contributed by atoms with van der Waals surface area (Å²) in [7, 11) is 3.13.